The van der Waals surface area contributed by atoms with Gasteiger partial charge in [-0.05, 0) is 37.7 Å². The average molecular weight is 337 g/mol. The Bertz CT molecular complexity index is 867. The van der Waals surface area contributed by atoms with Crippen molar-refractivity contribution in [3.05, 3.63) is 36.7 Å². The van der Waals surface area contributed by atoms with E-state index in [0.717, 1.165) is 54.2 Å². The zero-order valence-electron chi connectivity index (χ0n) is 14.7. The van der Waals surface area contributed by atoms with Crippen LogP contribution in [-0.4, -0.2) is 59.7 Å². The van der Waals surface area contributed by atoms with Crippen molar-refractivity contribution >= 4 is 16.9 Å². The molecule has 0 unspecified atom stereocenters. The molecule has 3 aromatic rings. The number of hydrogen-bond acceptors (Lipinski definition) is 5. The van der Waals surface area contributed by atoms with E-state index in [-0.39, 0.29) is 0 Å². The summed E-state index contributed by atoms with van der Waals surface area (Å²) in [6.45, 7) is 6.75. The number of ether oxygens (including phenoxy) is 1. The summed E-state index contributed by atoms with van der Waals surface area (Å²) in [4.78, 5) is 17.1. The second kappa shape index (κ2) is 6.72. The summed E-state index contributed by atoms with van der Waals surface area (Å²) >= 11 is 0. The van der Waals surface area contributed by atoms with Gasteiger partial charge in [-0.3, -0.25) is 0 Å². The molecule has 1 fully saturated rings. The van der Waals surface area contributed by atoms with Crippen molar-refractivity contribution in [3.63, 3.8) is 0 Å². The SMILES string of the molecule is CCOc1ccc2c(-c3ccnc(N4CCN(C)CC4)c3)c[nH]c2n1. The molecule has 130 valence electrons. The van der Waals surface area contributed by atoms with Crippen LogP contribution in [0, 0.1) is 0 Å². The van der Waals surface area contributed by atoms with Crippen LogP contribution in [0.5, 0.6) is 5.88 Å². The molecule has 1 aliphatic rings. The maximum absolute atomic E-state index is 5.48. The molecule has 4 heterocycles. The van der Waals surface area contributed by atoms with Gasteiger partial charge >= 0.3 is 0 Å². The van der Waals surface area contributed by atoms with Crippen LogP contribution in [0.1, 0.15) is 6.92 Å². The van der Waals surface area contributed by atoms with E-state index in [0.29, 0.717) is 12.5 Å². The van der Waals surface area contributed by atoms with E-state index in [1.54, 1.807) is 0 Å². The van der Waals surface area contributed by atoms with Crippen molar-refractivity contribution in [2.24, 2.45) is 0 Å². The van der Waals surface area contributed by atoms with Crippen LogP contribution in [0.2, 0.25) is 0 Å². The number of nitrogens with one attached hydrogen (secondary N) is 1. The van der Waals surface area contributed by atoms with Gasteiger partial charge in [-0.25, -0.2) is 4.98 Å². The molecule has 3 aromatic heterocycles. The second-order valence-electron chi connectivity index (χ2n) is 6.37. The highest BCUT2D eigenvalue weighted by atomic mass is 16.5. The van der Waals surface area contributed by atoms with Crippen molar-refractivity contribution < 1.29 is 4.74 Å². The van der Waals surface area contributed by atoms with Gasteiger partial charge in [0.05, 0.1) is 6.61 Å². The van der Waals surface area contributed by atoms with Crippen LogP contribution in [0.4, 0.5) is 5.82 Å². The van der Waals surface area contributed by atoms with E-state index >= 15 is 0 Å². The number of hydrogen-bond donors (Lipinski definition) is 1. The van der Waals surface area contributed by atoms with Crippen LogP contribution >= 0.6 is 0 Å². The van der Waals surface area contributed by atoms with Crippen molar-refractivity contribution in [1.29, 1.82) is 0 Å². The number of pyridine rings is 2. The number of likely N-dealkylation sites (N-methyl/N-ethyl adjacent to an activating group) is 1. The fourth-order valence-electron chi connectivity index (χ4n) is 3.25. The van der Waals surface area contributed by atoms with E-state index < -0.39 is 0 Å². The van der Waals surface area contributed by atoms with Crippen LogP contribution in [0.3, 0.4) is 0 Å². The molecule has 0 radical (unpaired) electrons. The minimum atomic E-state index is 0.616. The van der Waals surface area contributed by atoms with Gasteiger partial charge in [0.1, 0.15) is 11.5 Å². The average Bonchev–Trinajstić information content (AvgIpc) is 3.06. The summed E-state index contributed by atoms with van der Waals surface area (Å²) in [6, 6.07) is 8.21. The first-order valence-corrected chi connectivity index (χ1v) is 8.75. The highest BCUT2D eigenvalue weighted by Crippen LogP contribution is 2.30. The zero-order valence-corrected chi connectivity index (χ0v) is 14.7. The molecule has 0 saturated carbocycles. The molecule has 1 aliphatic heterocycles. The van der Waals surface area contributed by atoms with Crippen LogP contribution < -0.4 is 9.64 Å². The van der Waals surface area contributed by atoms with Gasteiger partial charge in [-0.2, -0.15) is 4.98 Å². The number of nitrogens with zero attached hydrogens (tertiary/aromatic N) is 4. The van der Waals surface area contributed by atoms with Crippen molar-refractivity contribution in [3.8, 4) is 17.0 Å². The number of H-pyrrole nitrogens is 1. The van der Waals surface area contributed by atoms with E-state index in [4.69, 9.17) is 4.74 Å². The van der Waals surface area contributed by atoms with Crippen molar-refractivity contribution in [2.75, 3.05) is 44.7 Å². The molecule has 4 rings (SSSR count). The van der Waals surface area contributed by atoms with Crippen molar-refractivity contribution in [2.45, 2.75) is 6.92 Å². The predicted octanol–water partition coefficient (Wildman–Crippen LogP) is 2.78. The Morgan fingerprint density at radius 2 is 2.00 bits per heavy atom. The van der Waals surface area contributed by atoms with Gasteiger partial charge in [0.15, 0.2) is 0 Å². The molecule has 0 aliphatic carbocycles. The standard InChI is InChI=1S/C19H23N5O/c1-3-25-18-5-4-15-16(13-21-19(15)22-18)14-6-7-20-17(12-14)24-10-8-23(2)9-11-24/h4-7,12-13H,3,8-11H2,1-2H3,(H,21,22). The molecule has 0 bridgehead atoms. The summed E-state index contributed by atoms with van der Waals surface area (Å²) in [5.74, 6) is 1.69. The Kier molecular flexibility index (Phi) is 4.28. The first kappa shape index (κ1) is 15.9. The Labute approximate surface area is 147 Å². The normalized spacial score (nSPS) is 15.7. The predicted molar refractivity (Wildman–Crippen MR) is 100 cm³/mol. The van der Waals surface area contributed by atoms with Gasteiger partial charge in [-0.15, -0.1) is 0 Å². The lowest BCUT2D eigenvalue weighted by molar-refractivity contribution is 0.312. The molecule has 0 atom stereocenters. The Hall–Kier alpha value is -2.60. The number of piperazine rings is 1. The lowest BCUT2D eigenvalue weighted by atomic mass is 10.1. The van der Waals surface area contributed by atoms with Crippen LogP contribution in [0.15, 0.2) is 36.7 Å². The Balaban J connectivity index is 1.66. The number of fused-ring (bicyclic) bond motifs is 1. The van der Waals surface area contributed by atoms with Crippen molar-refractivity contribution in [1.82, 2.24) is 19.9 Å². The summed E-state index contributed by atoms with van der Waals surface area (Å²) < 4.78 is 5.48. The second-order valence-corrected chi connectivity index (χ2v) is 6.37. The molecule has 1 saturated heterocycles. The molecule has 25 heavy (non-hydrogen) atoms. The summed E-state index contributed by atoms with van der Waals surface area (Å²) in [5.41, 5.74) is 3.14. The van der Waals surface area contributed by atoms with Crippen LogP contribution in [0.25, 0.3) is 22.2 Å². The molecule has 0 spiro atoms. The Morgan fingerprint density at radius 3 is 2.80 bits per heavy atom. The maximum Gasteiger partial charge on any atom is 0.215 e. The topological polar surface area (TPSA) is 57.3 Å². The zero-order chi connectivity index (χ0) is 17.2. The molecular weight excluding hydrogens is 314 g/mol. The third kappa shape index (κ3) is 3.17. The smallest absolute Gasteiger partial charge is 0.215 e. The van der Waals surface area contributed by atoms with Gasteiger partial charge in [0, 0.05) is 55.6 Å². The summed E-state index contributed by atoms with van der Waals surface area (Å²) in [5, 5.41) is 1.10. The van der Waals surface area contributed by atoms with Gasteiger partial charge in [-0.1, -0.05) is 0 Å². The first-order valence-electron chi connectivity index (χ1n) is 8.75. The fourth-order valence-corrected chi connectivity index (χ4v) is 3.25. The Morgan fingerprint density at radius 1 is 1.16 bits per heavy atom. The minimum absolute atomic E-state index is 0.616. The number of anilines is 1. The monoisotopic (exact) mass is 337 g/mol. The summed E-state index contributed by atoms with van der Waals surface area (Å²) in [7, 11) is 2.16. The molecule has 0 aromatic carbocycles. The molecule has 6 nitrogen and oxygen atoms in total. The highest BCUT2D eigenvalue weighted by molar-refractivity contribution is 5.94. The lowest BCUT2D eigenvalue weighted by Crippen LogP contribution is -2.44. The van der Waals surface area contributed by atoms with Gasteiger partial charge in [0.2, 0.25) is 5.88 Å². The number of rotatable bonds is 4. The lowest BCUT2D eigenvalue weighted by Gasteiger charge is -2.33. The highest BCUT2D eigenvalue weighted by Gasteiger charge is 2.16. The quantitative estimate of drug-likeness (QED) is 0.793. The van der Waals surface area contributed by atoms with E-state index in [9.17, 15) is 0 Å². The molecule has 1 N–H and O–H groups in total. The molecule has 6 heteroatoms. The third-order valence-corrected chi connectivity index (χ3v) is 4.69. The first-order chi connectivity index (χ1) is 12.2. The molecular formula is C19H23N5O. The van der Waals surface area contributed by atoms with Gasteiger partial charge < -0.3 is 19.5 Å². The number of aromatic nitrogens is 3. The fraction of sp³-hybridized carbons (Fsp3) is 0.368. The maximum atomic E-state index is 5.48. The third-order valence-electron chi connectivity index (χ3n) is 4.69. The van der Waals surface area contributed by atoms with E-state index in [1.165, 1.54) is 0 Å². The number of aromatic amines is 1. The van der Waals surface area contributed by atoms with Gasteiger partial charge in [0.25, 0.3) is 0 Å². The van der Waals surface area contributed by atoms with E-state index in [2.05, 4.69) is 50.0 Å². The molecule has 0 amide bonds. The summed E-state index contributed by atoms with van der Waals surface area (Å²) in [6.07, 6.45) is 3.90. The van der Waals surface area contributed by atoms with Crippen LogP contribution in [-0.2, 0) is 0 Å². The minimum Gasteiger partial charge on any atom is -0.478 e. The largest absolute Gasteiger partial charge is 0.478 e. The van der Waals surface area contributed by atoms with E-state index in [1.807, 2.05) is 25.4 Å².